The minimum atomic E-state index is -0.356. The number of rotatable bonds is 4. The van der Waals surface area contributed by atoms with Crippen LogP contribution in [-0.2, 0) is 11.3 Å². The summed E-state index contributed by atoms with van der Waals surface area (Å²) in [6.07, 6.45) is 3.05. The minimum absolute atomic E-state index is 0.356. The molecule has 0 spiro atoms. The van der Waals surface area contributed by atoms with Crippen molar-refractivity contribution in [3.8, 4) is 23.0 Å². The lowest BCUT2D eigenvalue weighted by atomic mass is 9.91. The number of anilines is 1. The number of hydrogen-bond acceptors (Lipinski definition) is 3. The highest BCUT2D eigenvalue weighted by Crippen LogP contribution is 2.23. The smallest absolute Gasteiger partial charge is 0.300 e. The van der Waals surface area contributed by atoms with Crippen molar-refractivity contribution >= 4 is 23.2 Å². The van der Waals surface area contributed by atoms with Gasteiger partial charge in [0.05, 0.1) is 0 Å². The summed E-state index contributed by atoms with van der Waals surface area (Å²) in [7, 11) is 0. The fraction of sp³-hybridized carbons (Fsp3) is 0.286. The Morgan fingerprint density at radius 3 is 2.30 bits per heavy atom. The maximum atomic E-state index is 12.2. The number of benzene rings is 2. The molecule has 4 rings (SSSR count). The van der Waals surface area contributed by atoms with E-state index in [-0.39, 0.29) is 5.91 Å². The molecule has 2 atom stereocenters. The average molecular weight is 458 g/mol. The van der Waals surface area contributed by atoms with Crippen molar-refractivity contribution in [2.75, 3.05) is 18.4 Å². The van der Waals surface area contributed by atoms with Crippen molar-refractivity contribution in [1.82, 2.24) is 9.88 Å². The largest absolute Gasteiger partial charge is 0.315 e. The van der Waals surface area contributed by atoms with Crippen LogP contribution in [0.5, 0.6) is 0 Å². The standard InChI is InChI=1S/C28H28ClN3O/c1-20-15-21(2)18-32(17-20)19-22-3-10-27(11-4-22)31-28(33)14-13-26-12-7-24(16-30-26)23-5-8-25(29)9-6-23/h3-12,16,20-21H,15,17-19H2,1-2H3,(H,31,33). The van der Waals surface area contributed by atoms with E-state index in [4.69, 9.17) is 11.6 Å². The molecule has 33 heavy (non-hydrogen) atoms. The van der Waals surface area contributed by atoms with Gasteiger partial charge in [0.15, 0.2) is 0 Å². The molecule has 168 valence electrons. The Hall–Kier alpha value is -3.13. The number of hydrogen-bond donors (Lipinski definition) is 1. The van der Waals surface area contributed by atoms with Crippen molar-refractivity contribution in [1.29, 1.82) is 0 Å². The number of aromatic nitrogens is 1. The molecule has 2 unspecified atom stereocenters. The molecule has 1 aliphatic heterocycles. The normalized spacial score (nSPS) is 18.3. The van der Waals surface area contributed by atoms with E-state index < -0.39 is 0 Å². The fourth-order valence-corrected chi connectivity index (χ4v) is 4.56. The van der Waals surface area contributed by atoms with Crippen LogP contribution in [0, 0.1) is 23.7 Å². The maximum Gasteiger partial charge on any atom is 0.300 e. The SMILES string of the molecule is CC1CC(C)CN(Cc2ccc(NC(=O)C#Cc3ccc(-c4ccc(Cl)cc4)cn3)cc2)C1. The lowest BCUT2D eigenvalue weighted by molar-refractivity contribution is -0.111. The number of piperidine rings is 1. The maximum absolute atomic E-state index is 12.2. The Kier molecular flexibility index (Phi) is 7.44. The number of nitrogens with one attached hydrogen (secondary N) is 1. The van der Waals surface area contributed by atoms with Crippen LogP contribution >= 0.6 is 11.6 Å². The number of nitrogens with zero attached hydrogens (tertiary/aromatic N) is 2. The predicted molar refractivity (Wildman–Crippen MR) is 135 cm³/mol. The van der Waals surface area contributed by atoms with E-state index in [1.807, 2.05) is 42.5 Å². The van der Waals surface area contributed by atoms with Gasteiger partial charge < -0.3 is 5.32 Å². The molecule has 0 aliphatic carbocycles. The second-order valence-electron chi connectivity index (χ2n) is 8.98. The van der Waals surface area contributed by atoms with Gasteiger partial charge in [0.1, 0.15) is 5.69 Å². The summed E-state index contributed by atoms with van der Waals surface area (Å²) < 4.78 is 0. The molecule has 2 aromatic carbocycles. The van der Waals surface area contributed by atoms with Gasteiger partial charge in [-0.05, 0) is 65.6 Å². The predicted octanol–water partition coefficient (Wildman–Crippen LogP) is 5.87. The number of likely N-dealkylation sites (tertiary alicyclic amines) is 1. The van der Waals surface area contributed by atoms with Crippen LogP contribution in [0.25, 0.3) is 11.1 Å². The highest BCUT2D eigenvalue weighted by atomic mass is 35.5. The number of carbonyl (C=O) groups is 1. The fourth-order valence-electron chi connectivity index (χ4n) is 4.44. The molecule has 0 bridgehead atoms. The molecular formula is C28H28ClN3O. The van der Waals surface area contributed by atoms with Gasteiger partial charge in [-0.2, -0.15) is 0 Å². The summed E-state index contributed by atoms with van der Waals surface area (Å²) in [6.45, 7) is 7.89. The van der Waals surface area contributed by atoms with E-state index in [1.54, 1.807) is 12.3 Å². The molecule has 1 saturated heterocycles. The highest BCUT2D eigenvalue weighted by Gasteiger charge is 2.21. The van der Waals surface area contributed by atoms with Gasteiger partial charge in [-0.3, -0.25) is 9.69 Å². The minimum Gasteiger partial charge on any atom is -0.315 e. The third-order valence-electron chi connectivity index (χ3n) is 5.81. The number of pyridine rings is 1. The number of halogens is 1. The first-order valence-corrected chi connectivity index (χ1v) is 11.7. The van der Waals surface area contributed by atoms with Crippen LogP contribution in [0.3, 0.4) is 0 Å². The van der Waals surface area contributed by atoms with Crippen LogP contribution in [0.1, 0.15) is 31.5 Å². The van der Waals surface area contributed by atoms with Gasteiger partial charge in [0.25, 0.3) is 0 Å². The van der Waals surface area contributed by atoms with E-state index in [0.29, 0.717) is 10.7 Å². The topological polar surface area (TPSA) is 45.2 Å². The molecular weight excluding hydrogens is 430 g/mol. The van der Waals surface area contributed by atoms with Crippen LogP contribution in [0.4, 0.5) is 5.69 Å². The molecule has 1 aliphatic rings. The Labute approximate surface area is 201 Å². The highest BCUT2D eigenvalue weighted by molar-refractivity contribution is 6.30. The summed E-state index contributed by atoms with van der Waals surface area (Å²) in [4.78, 5) is 19.1. The summed E-state index contributed by atoms with van der Waals surface area (Å²) >= 11 is 5.94. The zero-order valence-corrected chi connectivity index (χ0v) is 19.8. The number of carbonyl (C=O) groups excluding carboxylic acids is 1. The average Bonchev–Trinajstić information content (AvgIpc) is 2.79. The molecule has 0 saturated carbocycles. The first kappa shape index (κ1) is 23.0. The van der Waals surface area contributed by atoms with Crippen LogP contribution in [-0.4, -0.2) is 28.9 Å². The molecule has 4 nitrogen and oxygen atoms in total. The summed E-state index contributed by atoms with van der Waals surface area (Å²) in [6, 6.07) is 19.3. The Bertz CT molecular complexity index is 1130. The van der Waals surface area contributed by atoms with Crippen molar-refractivity contribution < 1.29 is 4.79 Å². The van der Waals surface area contributed by atoms with Gasteiger partial charge in [-0.1, -0.05) is 55.8 Å². The molecule has 5 heteroatoms. The molecule has 1 aromatic heterocycles. The van der Waals surface area contributed by atoms with Gasteiger partial charge in [0.2, 0.25) is 0 Å². The van der Waals surface area contributed by atoms with E-state index in [1.165, 1.54) is 12.0 Å². The van der Waals surface area contributed by atoms with Crippen molar-refractivity contribution in [3.63, 3.8) is 0 Å². The van der Waals surface area contributed by atoms with E-state index in [0.717, 1.165) is 48.3 Å². The van der Waals surface area contributed by atoms with Gasteiger partial charge in [-0.25, -0.2) is 4.98 Å². The van der Waals surface area contributed by atoms with E-state index >= 15 is 0 Å². The van der Waals surface area contributed by atoms with Gasteiger partial charge >= 0.3 is 5.91 Å². The lowest BCUT2D eigenvalue weighted by Crippen LogP contribution is -2.38. The molecule has 1 N–H and O–H groups in total. The summed E-state index contributed by atoms with van der Waals surface area (Å²) in [5.41, 5.74) is 4.53. The molecule has 1 amide bonds. The first-order chi connectivity index (χ1) is 15.9. The Morgan fingerprint density at radius 2 is 1.67 bits per heavy atom. The van der Waals surface area contributed by atoms with Crippen LogP contribution in [0.2, 0.25) is 5.02 Å². The monoisotopic (exact) mass is 457 g/mol. The second-order valence-corrected chi connectivity index (χ2v) is 9.42. The molecule has 1 fully saturated rings. The van der Waals surface area contributed by atoms with E-state index in [9.17, 15) is 4.79 Å². The molecule has 3 aromatic rings. The molecule has 0 radical (unpaired) electrons. The molecule has 2 heterocycles. The third kappa shape index (κ3) is 6.68. The third-order valence-corrected chi connectivity index (χ3v) is 6.06. The van der Waals surface area contributed by atoms with Crippen LogP contribution < -0.4 is 5.32 Å². The van der Waals surface area contributed by atoms with Gasteiger partial charge in [0, 0.05) is 48.0 Å². The first-order valence-electron chi connectivity index (χ1n) is 11.3. The zero-order valence-electron chi connectivity index (χ0n) is 19.0. The van der Waals surface area contributed by atoms with Gasteiger partial charge in [-0.15, -0.1) is 0 Å². The quantitative estimate of drug-likeness (QED) is 0.498. The van der Waals surface area contributed by atoms with E-state index in [2.05, 4.69) is 53.0 Å². The van der Waals surface area contributed by atoms with Crippen LogP contribution in [0.15, 0.2) is 66.9 Å². The summed E-state index contributed by atoms with van der Waals surface area (Å²) in [5, 5.41) is 3.53. The Balaban J connectivity index is 1.31. The lowest BCUT2D eigenvalue weighted by Gasteiger charge is -2.35. The van der Waals surface area contributed by atoms with Crippen molar-refractivity contribution in [2.45, 2.75) is 26.8 Å². The number of amides is 1. The van der Waals surface area contributed by atoms with Crippen molar-refractivity contribution in [2.24, 2.45) is 11.8 Å². The second kappa shape index (κ2) is 10.7. The zero-order chi connectivity index (χ0) is 23.2. The van der Waals surface area contributed by atoms with Crippen molar-refractivity contribution in [3.05, 3.63) is 83.1 Å². The Morgan fingerprint density at radius 1 is 1.00 bits per heavy atom. The summed E-state index contributed by atoms with van der Waals surface area (Å²) in [5.74, 6) is 6.57.